The molecule has 162 valence electrons. The van der Waals surface area contributed by atoms with Crippen LogP contribution in [0.3, 0.4) is 0 Å². The van der Waals surface area contributed by atoms with Crippen molar-refractivity contribution in [2.75, 3.05) is 18.1 Å². The highest BCUT2D eigenvalue weighted by atomic mass is 35.5. The molecular weight excluding hydrogens is 457 g/mol. The zero-order chi connectivity index (χ0) is 22.0. The van der Waals surface area contributed by atoms with Crippen molar-refractivity contribution in [3.05, 3.63) is 57.7 Å². The van der Waals surface area contributed by atoms with Crippen LogP contribution in [0, 0.1) is 6.92 Å². The molecule has 0 aliphatic carbocycles. The number of urea groups is 1. The summed E-state index contributed by atoms with van der Waals surface area (Å²) in [6.07, 6.45) is 3.54. The first-order valence-corrected chi connectivity index (χ1v) is 11.7. The molecule has 1 aliphatic heterocycles. The fourth-order valence-corrected chi connectivity index (χ4v) is 4.36. The number of halogens is 2. The first-order chi connectivity index (χ1) is 14.9. The SMILES string of the molecule is CSc1nc(Cl)cc(NC(=O)N2CCC[C@@H]2c2nnc(C)n2Cc2ccc(Cl)cc2)n1. The van der Waals surface area contributed by atoms with Crippen LogP contribution in [0.1, 0.15) is 36.1 Å². The number of thioether (sulfide) groups is 1. The molecule has 2 amide bonds. The second kappa shape index (κ2) is 9.42. The maximum atomic E-state index is 13.1. The Bertz CT molecular complexity index is 1090. The Labute approximate surface area is 194 Å². The lowest BCUT2D eigenvalue weighted by Gasteiger charge is -2.25. The molecule has 0 saturated carbocycles. The van der Waals surface area contributed by atoms with Crippen molar-refractivity contribution in [1.29, 1.82) is 0 Å². The molecule has 1 aliphatic rings. The topological polar surface area (TPSA) is 88.8 Å². The molecule has 1 atom stereocenters. The minimum Gasteiger partial charge on any atom is -0.314 e. The van der Waals surface area contributed by atoms with Crippen molar-refractivity contribution < 1.29 is 4.79 Å². The Balaban J connectivity index is 1.55. The van der Waals surface area contributed by atoms with Crippen molar-refractivity contribution >= 4 is 46.8 Å². The maximum Gasteiger partial charge on any atom is 0.323 e. The lowest BCUT2D eigenvalue weighted by molar-refractivity contribution is 0.203. The van der Waals surface area contributed by atoms with E-state index in [2.05, 4.69) is 25.5 Å². The lowest BCUT2D eigenvalue weighted by atomic mass is 10.2. The van der Waals surface area contributed by atoms with Gasteiger partial charge in [-0.2, -0.15) is 0 Å². The van der Waals surface area contributed by atoms with Crippen LogP contribution in [0.5, 0.6) is 0 Å². The van der Waals surface area contributed by atoms with Crippen LogP contribution < -0.4 is 5.32 Å². The van der Waals surface area contributed by atoms with Crippen molar-refractivity contribution in [1.82, 2.24) is 29.6 Å². The van der Waals surface area contributed by atoms with Gasteiger partial charge in [-0.15, -0.1) is 10.2 Å². The van der Waals surface area contributed by atoms with Crippen LogP contribution in [0.4, 0.5) is 10.6 Å². The van der Waals surface area contributed by atoms with Gasteiger partial charge in [0.25, 0.3) is 0 Å². The molecule has 11 heteroatoms. The van der Waals surface area contributed by atoms with Crippen LogP contribution in [0.2, 0.25) is 10.2 Å². The average molecular weight is 478 g/mol. The molecule has 2 aromatic heterocycles. The van der Waals surface area contributed by atoms with Gasteiger partial charge in [-0.05, 0) is 43.7 Å². The van der Waals surface area contributed by atoms with Gasteiger partial charge < -0.3 is 9.47 Å². The van der Waals surface area contributed by atoms with E-state index in [1.807, 2.05) is 42.0 Å². The molecule has 1 fully saturated rings. The Morgan fingerprint density at radius 1 is 1.23 bits per heavy atom. The van der Waals surface area contributed by atoms with Crippen molar-refractivity contribution in [3.8, 4) is 0 Å². The number of amides is 2. The molecule has 31 heavy (non-hydrogen) atoms. The van der Waals surface area contributed by atoms with Gasteiger partial charge in [0, 0.05) is 17.6 Å². The first kappa shape index (κ1) is 21.9. The summed E-state index contributed by atoms with van der Waals surface area (Å²) in [4.78, 5) is 23.2. The van der Waals surface area contributed by atoms with Gasteiger partial charge >= 0.3 is 6.03 Å². The number of nitrogens with one attached hydrogen (secondary N) is 1. The summed E-state index contributed by atoms with van der Waals surface area (Å²) in [5.74, 6) is 1.94. The molecule has 0 radical (unpaired) electrons. The predicted molar refractivity (Wildman–Crippen MR) is 122 cm³/mol. The Hall–Kier alpha value is -2.36. The second-order valence-corrected chi connectivity index (χ2v) is 8.76. The smallest absolute Gasteiger partial charge is 0.314 e. The van der Waals surface area contributed by atoms with Gasteiger partial charge in [0.2, 0.25) is 0 Å². The molecule has 1 N–H and O–H groups in total. The van der Waals surface area contributed by atoms with E-state index in [0.29, 0.717) is 29.1 Å². The Morgan fingerprint density at radius 3 is 2.74 bits per heavy atom. The second-order valence-electron chi connectivity index (χ2n) is 7.16. The number of likely N-dealkylation sites (tertiary alicyclic amines) is 1. The fraction of sp³-hybridized carbons (Fsp3) is 0.350. The normalized spacial score (nSPS) is 16.0. The monoisotopic (exact) mass is 477 g/mol. The number of hydrogen-bond donors (Lipinski definition) is 1. The molecule has 8 nitrogen and oxygen atoms in total. The van der Waals surface area contributed by atoms with Crippen molar-refractivity contribution in [2.45, 2.75) is 37.5 Å². The number of benzene rings is 1. The van der Waals surface area contributed by atoms with E-state index in [4.69, 9.17) is 23.2 Å². The van der Waals surface area contributed by atoms with Crippen LogP contribution in [0.15, 0.2) is 35.5 Å². The molecule has 4 rings (SSSR count). The number of aryl methyl sites for hydroxylation is 1. The van der Waals surface area contributed by atoms with Crippen LogP contribution in [-0.4, -0.2) is 48.5 Å². The fourth-order valence-electron chi connectivity index (χ4n) is 3.62. The summed E-state index contributed by atoms with van der Waals surface area (Å²) >= 11 is 13.4. The van der Waals surface area contributed by atoms with E-state index >= 15 is 0 Å². The standard InChI is InChI=1S/C20H21Cl2N7OS/c1-12-26-27-18(29(12)11-13-5-7-14(21)8-6-13)15-4-3-9-28(15)20(30)25-17-10-16(22)23-19(24-17)31-2/h5-8,10,15H,3-4,9,11H2,1-2H3,(H,23,24,25,30)/t15-/m1/s1. The van der Waals surface area contributed by atoms with Gasteiger partial charge in [-0.3, -0.25) is 5.32 Å². The number of rotatable bonds is 5. The molecular formula is C20H21Cl2N7OS. The number of carbonyl (C=O) groups excluding carboxylic acids is 1. The minimum absolute atomic E-state index is 0.175. The number of anilines is 1. The number of carbonyl (C=O) groups is 1. The molecule has 1 saturated heterocycles. The summed E-state index contributed by atoms with van der Waals surface area (Å²) < 4.78 is 2.05. The summed E-state index contributed by atoms with van der Waals surface area (Å²) in [7, 11) is 0. The van der Waals surface area contributed by atoms with Gasteiger partial charge in [0.15, 0.2) is 11.0 Å². The third-order valence-corrected chi connectivity index (χ3v) is 6.12. The summed E-state index contributed by atoms with van der Waals surface area (Å²) in [5, 5.41) is 13.0. The number of nitrogens with zero attached hydrogens (tertiary/aromatic N) is 6. The number of hydrogen-bond acceptors (Lipinski definition) is 6. The average Bonchev–Trinajstić information content (AvgIpc) is 3.36. The van der Waals surface area contributed by atoms with E-state index in [0.717, 1.165) is 30.1 Å². The molecule has 1 aromatic carbocycles. The molecule has 3 aromatic rings. The highest BCUT2D eigenvalue weighted by molar-refractivity contribution is 7.98. The quantitative estimate of drug-likeness (QED) is 0.321. The van der Waals surface area contributed by atoms with Crippen LogP contribution in [0.25, 0.3) is 0 Å². The highest BCUT2D eigenvalue weighted by Crippen LogP contribution is 2.32. The molecule has 3 heterocycles. The molecule has 0 unspecified atom stereocenters. The van der Waals surface area contributed by atoms with E-state index in [9.17, 15) is 4.79 Å². The number of aromatic nitrogens is 5. The van der Waals surface area contributed by atoms with Crippen molar-refractivity contribution in [3.63, 3.8) is 0 Å². The summed E-state index contributed by atoms with van der Waals surface area (Å²) in [6.45, 7) is 3.14. The van der Waals surface area contributed by atoms with Gasteiger partial charge in [0.1, 0.15) is 16.8 Å². The Kier molecular flexibility index (Phi) is 6.64. The third kappa shape index (κ3) is 4.94. The van der Waals surface area contributed by atoms with E-state index in [-0.39, 0.29) is 17.2 Å². The van der Waals surface area contributed by atoms with Gasteiger partial charge in [-0.25, -0.2) is 14.8 Å². The van der Waals surface area contributed by atoms with Gasteiger partial charge in [0.05, 0.1) is 12.6 Å². The van der Waals surface area contributed by atoms with E-state index < -0.39 is 0 Å². The van der Waals surface area contributed by atoms with Crippen LogP contribution >= 0.6 is 35.0 Å². The highest BCUT2D eigenvalue weighted by Gasteiger charge is 2.34. The summed E-state index contributed by atoms with van der Waals surface area (Å²) in [6, 6.07) is 8.80. The zero-order valence-corrected chi connectivity index (χ0v) is 19.4. The molecule has 0 spiro atoms. The van der Waals surface area contributed by atoms with E-state index in [1.54, 1.807) is 4.90 Å². The van der Waals surface area contributed by atoms with Crippen molar-refractivity contribution in [2.24, 2.45) is 0 Å². The summed E-state index contributed by atoms with van der Waals surface area (Å²) in [5.41, 5.74) is 1.09. The van der Waals surface area contributed by atoms with Crippen LogP contribution in [-0.2, 0) is 6.54 Å². The Morgan fingerprint density at radius 2 is 2.00 bits per heavy atom. The molecule has 0 bridgehead atoms. The van der Waals surface area contributed by atoms with E-state index in [1.165, 1.54) is 17.8 Å². The minimum atomic E-state index is -0.247. The third-order valence-electron chi connectivity index (χ3n) is 5.12. The first-order valence-electron chi connectivity index (χ1n) is 9.75. The van der Waals surface area contributed by atoms with Gasteiger partial charge in [-0.1, -0.05) is 47.1 Å². The zero-order valence-electron chi connectivity index (χ0n) is 17.0. The lowest BCUT2D eigenvalue weighted by Crippen LogP contribution is -2.36. The largest absolute Gasteiger partial charge is 0.323 e. The predicted octanol–water partition coefficient (Wildman–Crippen LogP) is 4.82. The maximum absolute atomic E-state index is 13.1.